The zero-order valence-electron chi connectivity index (χ0n) is 15.5. The van der Waals surface area contributed by atoms with Gasteiger partial charge in [0.05, 0.1) is 6.61 Å². The van der Waals surface area contributed by atoms with Gasteiger partial charge in [-0.1, -0.05) is 0 Å². The van der Waals surface area contributed by atoms with Crippen molar-refractivity contribution in [2.45, 2.75) is 59.5 Å². The molecule has 1 aromatic heterocycles. The van der Waals surface area contributed by atoms with Crippen LogP contribution in [0.4, 0.5) is 4.79 Å². The van der Waals surface area contributed by atoms with Gasteiger partial charge in [-0.2, -0.15) is 0 Å². The van der Waals surface area contributed by atoms with E-state index < -0.39 is 5.60 Å². The molecule has 1 aliphatic heterocycles. The van der Waals surface area contributed by atoms with Crippen LogP contribution in [0.5, 0.6) is 6.01 Å². The number of carbonyl (C=O) groups excluding carboxylic acids is 1. The van der Waals surface area contributed by atoms with E-state index in [1.165, 1.54) is 0 Å². The molecule has 0 spiro atoms. The van der Waals surface area contributed by atoms with Gasteiger partial charge in [-0.25, -0.2) is 14.8 Å². The number of likely N-dealkylation sites (tertiary alicyclic amines) is 1. The number of amides is 1. The molecule has 1 aromatic rings. The van der Waals surface area contributed by atoms with Crippen molar-refractivity contribution in [1.29, 1.82) is 0 Å². The van der Waals surface area contributed by atoms with Gasteiger partial charge in [0.1, 0.15) is 5.60 Å². The number of carbonyl (C=O) groups is 1. The van der Waals surface area contributed by atoms with Crippen molar-refractivity contribution in [2.75, 3.05) is 19.7 Å². The number of hydrogen-bond acceptors (Lipinski definition) is 5. The van der Waals surface area contributed by atoms with Gasteiger partial charge in [-0.15, -0.1) is 0 Å². The highest BCUT2D eigenvalue weighted by Gasteiger charge is 2.26. The minimum absolute atomic E-state index is 0.208. The Balaban J connectivity index is 1.70. The zero-order valence-corrected chi connectivity index (χ0v) is 15.5. The first-order valence-electron chi connectivity index (χ1n) is 8.66. The molecule has 1 fully saturated rings. The van der Waals surface area contributed by atoms with Gasteiger partial charge in [-0.05, 0) is 65.9 Å². The Hall–Kier alpha value is -1.85. The lowest BCUT2D eigenvalue weighted by Gasteiger charge is -2.33. The summed E-state index contributed by atoms with van der Waals surface area (Å²) >= 11 is 0. The van der Waals surface area contributed by atoms with Crippen molar-refractivity contribution in [1.82, 2.24) is 14.9 Å². The normalized spacial score (nSPS) is 16.1. The monoisotopic (exact) mass is 335 g/mol. The molecule has 0 bridgehead atoms. The Kier molecular flexibility index (Phi) is 6.02. The number of ether oxygens (including phenoxy) is 2. The third kappa shape index (κ3) is 5.98. The third-order valence-corrected chi connectivity index (χ3v) is 3.99. The molecule has 0 saturated carbocycles. The van der Waals surface area contributed by atoms with Gasteiger partial charge in [0.2, 0.25) is 0 Å². The smallest absolute Gasteiger partial charge is 0.410 e. The number of rotatable bonds is 4. The van der Waals surface area contributed by atoms with Crippen LogP contribution in [0.3, 0.4) is 0 Å². The van der Waals surface area contributed by atoms with Gasteiger partial charge in [0.15, 0.2) is 0 Å². The highest BCUT2D eigenvalue weighted by atomic mass is 16.6. The van der Waals surface area contributed by atoms with Crippen molar-refractivity contribution < 1.29 is 14.3 Å². The van der Waals surface area contributed by atoms with Crippen LogP contribution in [-0.2, 0) is 4.74 Å². The number of piperidine rings is 1. The molecule has 6 heteroatoms. The van der Waals surface area contributed by atoms with E-state index in [2.05, 4.69) is 9.97 Å². The Labute approximate surface area is 144 Å². The molecule has 1 saturated heterocycles. The average molecular weight is 335 g/mol. The quantitative estimate of drug-likeness (QED) is 0.842. The minimum atomic E-state index is -0.437. The van der Waals surface area contributed by atoms with Crippen LogP contribution >= 0.6 is 0 Å². The second-order valence-corrected chi connectivity index (χ2v) is 7.48. The molecule has 0 N–H and O–H groups in total. The molecule has 1 aliphatic rings. The van der Waals surface area contributed by atoms with E-state index in [4.69, 9.17) is 9.47 Å². The van der Waals surface area contributed by atoms with Gasteiger partial charge >= 0.3 is 12.1 Å². The van der Waals surface area contributed by atoms with Crippen LogP contribution in [0.25, 0.3) is 0 Å². The molecule has 134 valence electrons. The Morgan fingerprint density at radius 2 is 1.79 bits per heavy atom. The van der Waals surface area contributed by atoms with E-state index >= 15 is 0 Å². The fourth-order valence-corrected chi connectivity index (χ4v) is 2.81. The number of aryl methyl sites for hydroxylation is 2. The molecule has 0 aliphatic carbocycles. The van der Waals surface area contributed by atoms with Crippen molar-refractivity contribution in [3.63, 3.8) is 0 Å². The highest BCUT2D eigenvalue weighted by Crippen LogP contribution is 2.22. The summed E-state index contributed by atoms with van der Waals surface area (Å²) in [6, 6.07) is 2.39. The largest absolute Gasteiger partial charge is 0.463 e. The van der Waals surface area contributed by atoms with Crippen molar-refractivity contribution in [2.24, 2.45) is 5.92 Å². The Bertz CT molecular complexity index is 541. The first kappa shape index (κ1) is 18.5. The van der Waals surface area contributed by atoms with Crippen molar-refractivity contribution in [3.8, 4) is 6.01 Å². The molecule has 1 amide bonds. The predicted molar refractivity (Wildman–Crippen MR) is 92.1 cm³/mol. The molecule has 0 aromatic carbocycles. The summed E-state index contributed by atoms with van der Waals surface area (Å²) in [6.45, 7) is 11.7. The SMILES string of the molecule is Cc1cc(C)nc(OCCC2CCN(C(=O)OC(C)(C)C)CC2)n1. The van der Waals surface area contributed by atoms with Gasteiger partial charge < -0.3 is 14.4 Å². The molecule has 24 heavy (non-hydrogen) atoms. The van der Waals surface area contributed by atoms with Gasteiger partial charge in [0, 0.05) is 24.5 Å². The summed E-state index contributed by atoms with van der Waals surface area (Å²) < 4.78 is 11.1. The van der Waals surface area contributed by atoms with Crippen LogP contribution in [0.2, 0.25) is 0 Å². The average Bonchev–Trinajstić information content (AvgIpc) is 2.45. The fraction of sp³-hybridized carbons (Fsp3) is 0.722. The summed E-state index contributed by atoms with van der Waals surface area (Å²) in [5, 5.41) is 0. The molecular weight excluding hydrogens is 306 g/mol. The van der Waals surface area contributed by atoms with Crippen LogP contribution in [0.1, 0.15) is 51.4 Å². The van der Waals surface area contributed by atoms with E-state index in [-0.39, 0.29) is 6.09 Å². The molecule has 6 nitrogen and oxygen atoms in total. The minimum Gasteiger partial charge on any atom is -0.463 e. The standard InChI is InChI=1S/C18H29N3O3/c1-13-12-14(2)20-16(19-13)23-11-8-15-6-9-21(10-7-15)17(22)24-18(3,4)5/h12,15H,6-11H2,1-5H3. The maximum Gasteiger partial charge on any atom is 0.410 e. The first-order valence-corrected chi connectivity index (χ1v) is 8.66. The lowest BCUT2D eigenvalue weighted by atomic mass is 9.94. The second kappa shape index (κ2) is 7.81. The molecule has 0 atom stereocenters. The van der Waals surface area contributed by atoms with Gasteiger partial charge in [-0.3, -0.25) is 0 Å². The lowest BCUT2D eigenvalue weighted by Crippen LogP contribution is -2.41. The summed E-state index contributed by atoms with van der Waals surface area (Å²) in [6.07, 6.45) is 2.71. The van der Waals surface area contributed by atoms with E-state index in [9.17, 15) is 4.79 Å². The summed E-state index contributed by atoms with van der Waals surface area (Å²) in [5.74, 6) is 0.564. The highest BCUT2D eigenvalue weighted by molar-refractivity contribution is 5.68. The number of nitrogens with zero attached hydrogens (tertiary/aromatic N) is 3. The molecule has 0 unspecified atom stereocenters. The van der Waals surface area contributed by atoms with E-state index in [0.29, 0.717) is 18.5 Å². The number of aromatic nitrogens is 2. The summed E-state index contributed by atoms with van der Waals surface area (Å²) in [4.78, 5) is 22.4. The zero-order chi connectivity index (χ0) is 17.7. The van der Waals surface area contributed by atoms with Crippen LogP contribution < -0.4 is 4.74 Å². The topological polar surface area (TPSA) is 64.5 Å². The van der Waals surface area contributed by atoms with E-state index in [1.807, 2.05) is 40.7 Å². The fourth-order valence-electron chi connectivity index (χ4n) is 2.81. The summed E-state index contributed by atoms with van der Waals surface area (Å²) in [7, 11) is 0. The van der Waals surface area contributed by atoms with Crippen molar-refractivity contribution >= 4 is 6.09 Å². The van der Waals surface area contributed by atoms with Gasteiger partial charge in [0.25, 0.3) is 0 Å². The van der Waals surface area contributed by atoms with Crippen LogP contribution in [0.15, 0.2) is 6.07 Å². The predicted octanol–water partition coefficient (Wildman–Crippen LogP) is 3.51. The molecule has 2 rings (SSSR count). The lowest BCUT2D eigenvalue weighted by molar-refractivity contribution is 0.0177. The van der Waals surface area contributed by atoms with Crippen molar-refractivity contribution in [3.05, 3.63) is 17.5 Å². The van der Waals surface area contributed by atoms with E-state index in [0.717, 1.165) is 43.7 Å². The maximum atomic E-state index is 12.0. The number of hydrogen-bond donors (Lipinski definition) is 0. The molecule has 0 radical (unpaired) electrons. The van der Waals surface area contributed by atoms with Crippen LogP contribution in [0, 0.1) is 19.8 Å². The first-order chi connectivity index (χ1) is 11.2. The molecular formula is C18H29N3O3. The molecule has 2 heterocycles. The van der Waals surface area contributed by atoms with Crippen LogP contribution in [-0.4, -0.2) is 46.3 Å². The summed E-state index contributed by atoms with van der Waals surface area (Å²) in [5.41, 5.74) is 1.40. The maximum absolute atomic E-state index is 12.0. The third-order valence-electron chi connectivity index (χ3n) is 3.99. The Morgan fingerprint density at radius 1 is 1.21 bits per heavy atom. The Morgan fingerprint density at radius 3 is 2.33 bits per heavy atom. The second-order valence-electron chi connectivity index (χ2n) is 7.48. The van der Waals surface area contributed by atoms with E-state index in [1.54, 1.807) is 4.90 Å².